The van der Waals surface area contributed by atoms with E-state index in [2.05, 4.69) is 37.8 Å². The second-order valence-corrected chi connectivity index (χ2v) is 10.6. The molecule has 0 aliphatic heterocycles. The predicted octanol–water partition coefficient (Wildman–Crippen LogP) is 6.31. The Hall–Kier alpha value is -2.04. The molecule has 2 aliphatic carbocycles. The van der Waals surface area contributed by atoms with Crippen LogP contribution in [0.2, 0.25) is 0 Å². The molecule has 0 radical (unpaired) electrons. The predicted molar refractivity (Wildman–Crippen MR) is 112 cm³/mol. The van der Waals surface area contributed by atoms with Gasteiger partial charge in [0.25, 0.3) is 5.91 Å². The minimum Gasteiger partial charge on any atom is -0.461 e. The minimum absolute atomic E-state index is 0.0148. The Labute approximate surface area is 173 Å². The molecule has 0 saturated heterocycles. The van der Waals surface area contributed by atoms with Gasteiger partial charge >= 0.3 is 0 Å². The highest BCUT2D eigenvalue weighted by Gasteiger charge is 2.39. The smallest absolute Gasteiger partial charge is 0.276 e. The SMILES string of the molecule is CC1(C)CCC(N(C(=O)c2cc(-c3ccco3)on2)C2CCC(C)(C)CC2)CC1. The molecule has 2 aromatic heterocycles. The number of carbonyl (C=O) groups excluding carboxylic acids is 1. The molecule has 4 rings (SSSR count). The monoisotopic (exact) mass is 398 g/mol. The molecule has 5 nitrogen and oxygen atoms in total. The summed E-state index contributed by atoms with van der Waals surface area (Å²) >= 11 is 0. The summed E-state index contributed by atoms with van der Waals surface area (Å²) in [4.78, 5) is 15.8. The topological polar surface area (TPSA) is 59.5 Å². The fraction of sp³-hybridized carbons (Fsp3) is 0.667. The van der Waals surface area contributed by atoms with Crippen LogP contribution in [-0.4, -0.2) is 28.0 Å². The first-order valence-electron chi connectivity index (χ1n) is 11.1. The lowest BCUT2D eigenvalue weighted by Gasteiger charge is -2.46. The quantitative estimate of drug-likeness (QED) is 0.605. The number of hydrogen-bond acceptors (Lipinski definition) is 4. The first-order valence-corrected chi connectivity index (χ1v) is 11.1. The van der Waals surface area contributed by atoms with Gasteiger partial charge in [-0.05, 0) is 74.3 Å². The number of hydrogen-bond donors (Lipinski definition) is 0. The normalized spacial score (nSPS) is 22.5. The molecular formula is C24H34N2O3. The van der Waals surface area contributed by atoms with Gasteiger partial charge in [-0.3, -0.25) is 4.79 Å². The molecular weight excluding hydrogens is 364 g/mol. The zero-order valence-electron chi connectivity index (χ0n) is 18.2. The molecule has 2 aliphatic rings. The fourth-order valence-electron chi connectivity index (χ4n) is 5.00. The van der Waals surface area contributed by atoms with E-state index in [-0.39, 0.29) is 5.91 Å². The summed E-state index contributed by atoms with van der Waals surface area (Å²) in [5.74, 6) is 1.12. The summed E-state index contributed by atoms with van der Waals surface area (Å²) in [5, 5.41) is 4.11. The summed E-state index contributed by atoms with van der Waals surface area (Å²) in [7, 11) is 0. The number of amides is 1. The van der Waals surface area contributed by atoms with Gasteiger partial charge in [-0.25, -0.2) is 0 Å². The van der Waals surface area contributed by atoms with Crippen molar-refractivity contribution in [2.45, 2.75) is 91.1 Å². The van der Waals surface area contributed by atoms with E-state index in [4.69, 9.17) is 8.94 Å². The second kappa shape index (κ2) is 7.66. The molecule has 29 heavy (non-hydrogen) atoms. The number of rotatable bonds is 4. The molecule has 2 fully saturated rings. The van der Waals surface area contributed by atoms with Gasteiger partial charge in [0.05, 0.1) is 6.26 Å². The van der Waals surface area contributed by atoms with Gasteiger partial charge in [0, 0.05) is 18.2 Å². The summed E-state index contributed by atoms with van der Waals surface area (Å²) < 4.78 is 10.8. The molecule has 5 heteroatoms. The second-order valence-electron chi connectivity index (χ2n) is 10.6. The van der Waals surface area contributed by atoms with Gasteiger partial charge in [-0.1, -0.05) is 32.9 Å². The molecule has 2 heterocycles. The van der Waals surface area contributed by atoms with Gasteiger partial charge in [0.2, 0.25) is 5.76 Å². The van der Waals surface area contributed by atoms with Crippen LogP contribution in [0.3, 0.4) is 0 Å². The van der Waals surface area contributed by atoms with E-state index < -0.39 is 0 Å². The maximum Gasteiger partial charge on any atom is 0.276 e. The zero-order valence-corrected chi connectivity index (χ0v) is 18.2. The van der Waals surface area contributed by atoms with Crippen molar-refractivity contribution in [2.75, 3.05) is 0 Å². The highest BCUT2D eigenvalue weighted by molar-refractivity contribution is 5.93. The molecule has 0 spiro atoms. The number of carbonyl (C=O) groups is 1. The van der Waals surface area contributed by atoms with Crippen LogP contribution in [-0.2, 0) is 0 Å². The van der Waals surface area contributed by atoms with Crippen molar-refractivity contribution in [3.63, 3.8) is 0 Å². The molecule has 0 aromatic carbocycles. The van der Waals surface area contributed by atoms with Crippen LogP contribution in [0.4, 0.5) is 0 Å². The van der Waals surface area contributed by atoms with Crippen LogP contribution in [0.1, 0.15) is 89.5 Å². The molecule has 0 atom stereocenters. The van der Waals surface area contributed by atoms with Gasteiger partial charge < -0.3 is 13.8 Å². The Balaban J connectivity index is 1.57. The summed E-state index contributed by atoms with van der Waals surface area (Å²) in [6.07, 6.45) is 10.5. The molecule has 0 unspecified atom stereocenters. The minimum atomic E-state index is 0.0148. The summed E-state index contributed by atoms with van der Waals surface area (Å²) in [6, 6.07) is 5.95. The first-order chi connectivity index (χ1) is 13.7. The van der Waals surface area contributed by atoms with Gasteiger partial charge in [0.1, 0.15) is 0 Å². The Bertz CT molecular complexity index is 786. The molecule has 158 valence electrons. The van der Waals surface area contributed by atoms with Crippen molar-refractivity contribution in [1.29, 1.82) is 0 Å². The third-order valence-electron chi connectivity index (χ3n) is 7.13. The lowest BCUT2D eigenvalue weighted by Crippen LogP contribution is -2.51. The summed E-state index contributed by atoms with van der Waals surface area (Å²) in [6.45, 7) is 9.36. The zero-order chi connectivity index (χ0) is 20.6. The fourth-order valence-corrected chi connectivity index (χ4v) is 5.00. The highest BCUT2D eigenvalue weighted by atomic mass is 16.5. The van der Waals surface area contributed by atoms with E-state index in [9.17, 15) is 4.79 Å². The molecule has 2 aromatic rings. The van der Waals surface area contributed by atoms with E-state index >= 15 is 0 Å². The largest absolute Gasteiger partial charge is 0.461 e. The van der Waals surface area contributed by atoms with Crippen molar-refractivity contribution in [1.82, 2.24) is 10.1 Å². The maximum atomic E-state index is 13.6. The molecule has 1 amide bonds. The number of furan rings is 1. The van der Waals surface area contributed by atoms with Crippen molar-refractivity contribution in [3.8, 4) is 11.5 Å². The lowest BCUT2D eigenvalue weighted by molar-refractivity contribution is 0.0266. The van der Waals surface area contributed by atoms with Gasteiger partial charge in [-0.15, -0.1) is 0 Å². The molecule has 2 saturated carbocycles. The van der Waals surface area contributed by atoms with E-state index in [0.717, 1.165) is 51.4 Å². The Morgan fingerprint density at radius 2 is 1.52 bits per heavy atom. The van der Waals surface area contributed by atoms with Gasteiger partial charge in [0.15, 0.2) is 11.5 Å². The van der Waals surface area contributed by atoms with Crippen LogP contribution < -0.4 is 0 Å². The molecule has 0 N–H and O–H groups in total. The standard InChI is InChI=1S/C24H34N2O3/c1-23(2)11-7-17(8-12-23)26(18-9-13-24(3,4)14-10-18)22(27)19-16-21(29-25-19)20-6-5-15-28-20/h5-6,15-18H,7-14H2,1-4H3. The van der Waals surface area contributed by atoms with Crippen LogP contribution in [0.25, 0.3) is 11.5 Å². The number of aromatic nitrogens is 1. The van der Waals surface area contributed by atoms with Crippen molar-refractivity contribution in [3.05, 3.63) is 30.2 Å². The van der Waals surface area contributed by atoms with E-state index in [1.165, 1.54) is 0 Å². The average molecular weight is 399 g/mol. The maximum absolute atomic E-state index is 13.6. The van der Waals surface area contributed by atoms with Gasteiger partial charge in [-0.2, -0.15) is 0 Å². The third-order valence-corrected chi connectivity index (χ3v) is 7.13. The third kappa shape index (κ3) is 4.44. The van der Waals surface area contributed by atoms with Crippen LogP contribution >= 0.6 is 0 Å². The Morgan fingerprint density at radius 1 is 0.966 bits per heavy atom. The average Bonchev–Trinajstić information content (AvgIpc) is 3.35. The van der Waals surface area contributed by atoms with Crippen LogP contribution in [0, 0.1) is 10.8 Å². The van der Waals surface area contributed by atoms with Crippen molar-refractivity contribution >= 4 is 5.91 Å². The Kier molecular flexibility index (Phi) is 5.34. The van der Waals surface area contributed by atoms with E-state index in [0.29, 0.717) is 40.1 Å². The lowest BCUT2D eigenvalue weighted by atomic mass is 9.72. The number of nitrogens with zero attached hydrogens (tertiary/aromatic N) is 2. The summed E-state index contributed by atoms with van der Waals surface area (Å²) in [5.41, 5.74) is 1.14. The Morgan fingerprint density at radius 3 is 2.00 bits per heavy atom. The first kappa shape index (κ1) is 20.2. The van der Waals surface area contributed by atoms with Crippen LogP contribution in [0.5, 0.6) is 0 Å². The van der Waals surface area contributed by atoms with Crippen LogP contribution in [0.15, 0.2) is 33.4 Å². The van der Waals surface area contributed by atoms with E-state index in [1.54, 1.807) is 18.4 Å². The van der Waals surface area contributed by atoms with E-state index in [1.807, 2.05) is 6.07 Å². The van der Waals surface area contributed by atoms with Crippen molar-refractivity contribution < 1.29 is 13.7 Å². The highest BCUT2D eigenvalue weighted by Crippen LogP contribution is 2.42. The van der Waals surface area contributed by atoms with Crippen molar-refractivity contribution in [2.24, 2.45) is 10.8 Å². The molecule has 0 bridgehead atoms.